The molecule has 1 heterocycles. The van der Waals surface area contributed by atoms with Crippen molar-refractivity contribution >= 4 is 10.9 Å². The van der Waals surface area contributed by atoms with E-state index in [0.29, 0.717) is 5.92 Å². The van der Waals surface area contributed by atoms with Crippen molar-refractivity contribution in [2.75, 3.05) is 6.54 Å². The smallest absolute Gasteiger partial charge is 0.0489 e. The van der Waals surface area contributed by atoms with Crippen LogP contribution in [0, 0.1) is 19.8 Å². The summed E-state index contributed by atoms with van der Waals surface area (Å²) in [5.41, 5.74) is 11.6. The molecule has 2 aromatic rings. The number of hydrogen-bond donors (Lipinski definition) is 2. The van der Waals surface area contributed by atoms with E-state index < -0.39 is 0 Å². The number of nitrogens with one attached hydrogen (secondary N) is 1. The minimum absolute atomic E-state index is 0.518. The van der Waals surface area contributed by atoms with Crippen molar-refractivity contribution in [1.29, 1.82) is 0 Å². The zero-order valence-corrected chi connectivity index (χ0v) is 12.7. The highest BCUT2D eigenvalue weighted by atomic mass is 14.7. The second-order valence-electron chi connectivity index (χ2n) is 6.43. The first kappa shape index (κ1) is 13.7. The van der Waals surface area contributed by atoms with Gasteiger partial charge in [-0.15, -0.1) is 0 Å². The van der Waals surface area contributed by atoms with Crippen LogP contribution in [0.1, 0.15) is 54.7 Å². The molecule has 2 nitrogen and oxygen atoms in total. The molecule has 108 valence electrons. The minimum Gasteiger partial charge on any atom is -0.361 e. The zero-order chi connectivity index (χ0) is 14.1. The predicted molar refractivity (Wildman–Crippen MR) is 86.1 cm³/mol. The number of hydrogen-bond acceptors (Lipinski definition) is 1. The van der Waals surface area contributed by atoms with Gasteiger partial charge in [-0.05, 0) is 55.8 Å². The maximum Gasteiger partial charge on any atom is 0.0489 e. The maximum absolute atomic E-state index is 6.16. The van der Waals surface area contributed by atoms with Gasteiger partial charge in [-0.3, -0.25) is 0 Å². The SMILES string of the molecule is Cc1ccc(C)c2c(C(CN)C3CCCCC3)c[nH]c12. The second-order valence-corrected chi connectivity index (χ2v) is 6.43. The highest BCUT2D eigenvalue weighted by molar-refractivity contribution is 5.89. The van der Waals surface area contributed by atoms with Crippen LogP contribution in [0.15, 0.2) is 18.3 Å². The molecular weight excluding hydrogens is 244 g/mol. The first-order valence-electron chi connectivity index (χ1n) is 7.99. The molecule has 0 amide bonds. The Kier molecular flexibility index (Phi) is 3.84. The van der Waals surface area contributed by atoms with Gasteiger partial charge in [0, 0.05) is 23.0 Å². The lowest BCUT2D eigenvalue weighted by atomic mass is 9.76. The Bertz CT molecular complexity index is 591. The fourth-order valence-electron chi connectivity index (χ4n) is 3.99. The first-order chi connectivity index (χ1) is 9.72. The molecule has 0 aliphatic heterocycles. The van der Waals surface area contributed by atoms with Gasteiger partial charge in [0.25, 0.3) is 0 Å². The number of nitrogens with two attached hydrogens (primary N) is 1. The number of aryl methyl sites for hydroxylation is 2. The Hall–Kier alpha value is -1.28. The van der Waals surface area contributed by atoms with Crippen LogP contribution in [0.25, 0.3) is 10.9 Å². The van der Waals surface area contributed by atoms with Gasteiger partial charge in [0.1, 0.15) is 0 Å². The zero-order valence-electron chi connectivity index (χ0n) is 12.7. The van der Waals surface area contributed by atoms with Gasteiger partial charge in [-0.2, -0.15) is 0 Å². The van der Waals surface area contributed by atoms with Crippen LogP contribution in [-0.2, 0) is 0 Å². The molecule has 1 unspecified atom stereocenters. The largest absolute Gasteiger partial charge is 0.361 e. The van der Waals surface area contributed by atoms with E-state index in [1.54, 1.807) is 0 Å². The lowest BCUT2D eigenvalue weighted by Gasteiger charge is -2.29. The average molecular weight is 270 g/mol. The van der Waals surface area contributed by atoms with Crippen LogP contribution >= 0.6 is 0 Å². The molecule has 3 N–H and O–H groups in total. The van der Waals surface area contributed by atoms with Gasteiger partial charge in [-0.1, -0.05) is 31.4 Å². The number of H-pyrrole nitrogens is 1. The lowest BCUT2D eigenvalue weighted by molar-refractivity contribution is 0.308. The summed E-state index contributed by atoms with van der Waals surface area (Å²) >= 11 is 0. The fourth-order valence-corrected chi connectivity index (χ4v) is 3.99. The monoisotopic (exact) mass is 270 g/mol. The Morgan fingerprint density at radius 2 is 1.85 bits per heavy atom. The molecule has 20 heavy (non-hydrogen) atoms. The van der Waals surface area contributed by atoms with Crippen molar-refractivity contribution in [1.82, 2.24) is 4.98 Å². The third-order valence-electron chi connectivity index (χ3n) is 5.15. The summed E-state index contributed by atoms with van der Waals surface area (Å²) in [6, 6.07) is 4.44. The minimum atomic E-state index is 0.518. The standard InChI is InChI=1S/C18H26N2/c1-12-8-9-13(2)18-17(12)16(11-20-18)15(10-19)14-6-4-3-5-7-14/h8-9,11,14-15,20H,3-7,10,19H2,1-2H3. The molecule has 1 fully saturated rings. The van der Waals surface area contributed by atoms with E-state index >= 15 is 0 Å². The summed E-state index contributed by atoms with van der Waals surface area (Å²) in [7, 11) is 0. The van der Waals surface area contributed by atoms with Crippen molar-refractivity contribution < 1.29 is 0 Å². The maximum atomic E-state index is 6.16. The van der Waals surface area contributed by atoms with Gasteiger partial charge < -0.3 is 10.7 Å². The summed E-state index contributed by atoms with van der Waals surface area (Å²) in [6.07, 6.45) is 9.07. The summed E-state index contributed by atoms with van der Waals surface area (Å²) in [5.74, 6) is 1.29. The molecule has 0 radical (unpaired) electrons. The molecule has 0 bridgehead atoms. The van der Waals surface area contributed by atoms with Crippen molar-refractivity contribution in [3.8, 4) is 0 Å². The van der Waals surface area contributed by atoms with Gasteiger partial charge in [-0.25, -0.2) is 0 Å². The van der Waals surface area contributed by atoms with E-state index in [9.17, 15) is 0 Å². The highest BCUT2D eigenvalue weighted by Gasteiger charge is 2.26. The van der Waals surface area contributed by atoms with Crippen LogP contribution in [0.4, 0.5) is 0 Å². The van der Waals surface area contributed by atoms with Crippen LogP contribution < -0.4 is 5.73 Å². The van der Waals surface area contributed by atoms with Crippen LogP contribution in [0.3, 0.4) is 0 Å². The third-order valence-corrected chi connectivity index (χ3v) is 5.15. The van der Waals surface area contributed by atoms with Crippen LogP contribution in [-0.4, -0.2) is 11.5 Å². The van der Waals surface area contributed by atoms with E-state index in [1.807, 2.05) is 0 Å². The average Bonchev–Trinajstić information content (AvgIpc) is 2.91. The highest BCUT2D eigenvalue weighted by Crippen LogP contribution is 2.39. The number of rotatable bonds is 3. The van der Waals surface area contributed by atoms with E-state index in [-0.39, 0.29) is 0 Å². The van der Waals surface area contributed by atoms with Gasteiger partial charge in [0.2, 0.25) is 0 Å². The molecule has 0 spiro atoms. The Balaban J connectivity index is 2.05. The Labute approximate surface area is 121 Å². The molecule has 3 rings (SSSR count). The summed E-state index contributed by atoms with van der Waals surface area (Å²) in [6.45, 7) is 5.17. The van der Waals surface area contributed by atoms with Gasteiger partial charge >= 0.3 is 0 Å². The molecule has 1 saturated carbocycles. The van der Waals surface area contributed by atoms with Crippen molar-refractivity contribution in [2.24, 2.45) is 11.7 Å². The number of aromatic nitrogens is 1. The Morgan fingerprint density at radius 3 is 2.55 bits per heavy atom. The molecular formula is C18H26N2. The summed E-state index contributed by atoms with van der Waals surface area (Å²) in [5, 5.41) is 1.42. The van der Waals surface area contributed by atoms with E-state index in [1.165, 1.54) is 59.7 Å². The summed E-state index contributed by atoms with van der Waals surface area (Å²) < 4.78 is 0. The molecule has 1 aliphatic rings. The molecule has 1 aromatic carbocycles. The Morgan fingerprint density at radius 1 is 1.15 bits per heavy atom. The summed E-state index contributed by atoms with van der Waals surface area (Å²) in [4.78, 5) is 3.50. The topological polar surface area (TPSA) is 41.8 Å². The van der Waals surface area contributed by atoms with Gasteiger partial charge in [0.05, 0.1) is 0 Å². The van der Waals surface area contributed by atoms with E-state index in [4.69, 9.17) is 5.73 Å². The van der Waals surface area contributed by atoms with E-state index in [0.717, 1.165) is 12.5 Å². The van der Waals surface area contributed by atoms with Crippen molar-refractivity contribution in [3.63, 3.8) is 0 Å². The fraction of sp³-hybridized carbons (Fsp3) is 0.556. The quantitative estimate of drug-likeness (QED) is 0.852. The molecule has 1 aliphatic carbocycles. The lowest BCUT2D eigenvalue weighted by Crippen LogP contribution is -2.23. The van der Waals surface area contributed by atoms with Crippen molar-refractivity contribution in [2.45, 2.75) is 51.9 Å². The third kappa shape index (κ3) is 2.26. The molecule has 0 saturated heterocycles. The number of aromatic amines is 1. The van der Waals surface area contributed by atoms with Crippen LogP contribution in [0.5, 0.6) is 0 Å². The molecule has 1 aromatic heterocycles. The number of fused-ring (bicyclic) bond motifs is 1. The van der Waals surface area contributed by atoms with Crippen molar-refractivity contribution in [3.05, 3.63) is 35.0 Å². The second kappa shape index (κ2) is 5.61. The molecule has 2 heteroatoms. The van der Waals surface area contributed by atoms with Crippen LogP contribution in [0.2, 0.25) is 0 Å². The predicted octanol–water partition coefficient (Wildman–Crippen LogP) is 4.41. The number of benzene rings is 1. The normalized spacial score (nSPS) is 18.6. The first-order valence-corrected chi connectivity index (χ1v) is 7.99. The van der Waals surface area contributed by atoms with Gasteiger partial charge in [0.15, 0.2) is 0 Å². The molecule has 1 atom stereocenters. The van der Waals surface area contributed by atoms with E-state index in [2.05, 4.69) is 37.2 Å².